The van der Waals surface area contributed by atoms with Crippen LogP contribution in [0.25, 0.3) is 0 Å². The van der Waals surface area contributed by atoms with Crippen molar-refractivity contribution in [2.75, 3.05) is 6.61 Å². The largest absolute Gasteiger partial charge is 1.00 e. The molecule has 50 valence electrons. The van der Waals surface area contributed by atoms with Gasteiger partial charge >= 0.3 is 29.6 Å². The fraction of sp³-hybridized carbons (Fsp3) is 1.00. The van der Waals surface area contributed by atoms with Crippen molar-refractivity contribution in [2.24, 2.45) is 11.8 Å². The first kappa shape index (κ1) is 12.6. The van der Waals surface area contributed by atoms with Crippen molar-refractivity contribution in [1.29, 1.82) is 0 Å². The molecule has 0 saturated heterocycles. The van der Waals surface area contributed by atoms with Gasteiger partial charge < -0.3 is 5.11 Å². The molecule has 0 N–H and O–H groups in total. The summed E-state index contributed by atoms with van der Waals surface area (Å²) in [5, 5.41) is 10.2. The van der Waals surface area contributed by atoms with Crippen LogP contribution in [0.3, 0.4) is 0 Å². The Bertz CT molecular complexity index is 48.9. The fourth-order valence-corrected chi connectivity index (χ4v) is 0.567. The van der Waals surface area contributed by atoms with Crippen molar-refractivity contribution in [3.63, 3.8) is 0 Å². The van der Waals surface area contributed by atoms with Crippen LogP contribution in [0, 0.1) is 11.8 Å². The predicted octanol–water partition coefficient (Wildman–Crippen LogP) is -1.97. The van der Waals surface area contributed by atoms with Gasteiger partial charge in [-0.3, -0.25) is 0 Å². The summed E-state index contributed by atoms with van der Waals surface area (Å²) in [6.45, 7) is 6.34. The molecule has 0 saturated carbocycles. The molecule has 0 aliphatic heterocycles. The third-order valence-electron chi connectivity index (χ3n) is 1.88. The summed E-state index contributed by atoms with van der Waals surface area (Å²) < 4.78 is 0. The van der Waals surface area contributed by atoms with Crippen molar-refractivity contribution in [3.05, 3.63) is 0 Å². The summed E-state index contributed by atoms with van der Waals surface area (Å²) in [4.78, 5) is 0. The zero-order valence-corrected chi connectivity index (χ0v) is 8.98. The Morgan fingerprint density at radius 1 is 1.22 bits per heavy atom. The van der Waals surface area contributed by atoms with E-state index in [1.807, 2.05) is 6.92 Å². The van der Waals surface area contributed by atoms with E-state index in [9.17, 15) is 5.11 Å². The summed E-state index contributed by atoms with van der Waals surface area (Å²) in [7, 11) is 0. The smallest absolute Gasteiger partial charge is 0.854 e. The van der Waals surface area contributed by atoms with E-state index in [0.29, 0.717) is 11.8 Å². The van der Waals surface area contributed by atoms with Crippen LogP contribution in [0.4, 0.5) is 0 Å². The monoisotopic (exact) mass is 138 g/mol. The normalized spacial score (nSPS) is 16.0. The minimum Gasteiger partial charge on any atom is -0.854 e. The van der Waals surface area contributed by atoms with E-state index >= 15 is 0 Å². The molecule has 0 aliphatic rings. The van der Waals surface area contributed by atoms with Gasteiger partial charge in [0.1, 0.15) is 0 Å². The van der Waals surface area contributed by atoms with Gasteiger partial charge in [0.05, 0.1) is 0 Å². The standard InChI is InChI=1S/C7H15O.Na/c1-4-6(2)7(3)5-8;/h6-7H,4-5H2,1-3H3;/q-1;+1. The molecule has 2 atom stereocenters. The van der Waals surface area contributed by atoms with Gasteiger partial charge in [-0.25, -0.2) is 0 Å². The molecule has 9 heavy (non-hydrogen) atoms. The van der Waals surface area contributed by atoms with Gasteiger partial charge in [-0.15, -0.1) is 6.61 Å². The average Bonchev–Trinajstić information content (AvgIpc) is 1.84. The van der Waals surface area contributed by atoms with E-state index < -0.39 is 0 Å². The maximum absolute atomic E-state index is 10.2. The molecule has 2 heteroatoms. The van der Waals surface area contributed by atoms with Crippen LogP contribution in [-0.4, -0.2) is 6.61 Å². The molecular weight excluding hydrogens is 123 g/mol. The Balaban J connectivity index is 0. The molecule has 0 fully saturated rings. The van der Waals surface area contributed by atoms with E-state index in [0.717, 1.165) is 6.42 Å². The van der Waals surface area contributed by atoms with E-state index in [-0.39, 0.29) is 36.2 Å². The quantitative estimate of drug-likeness (QED) is 0.415. The van der Waals surface area contributed by atoms with Crippen LogP contribution in [0.1, 0.15) is 27.2 Å². The number of hydrogen-bond donors (Lipinski definition) is 0. The Morgan fingerprint density at radius 2 is 1.67 bits per heavy atom. The summed E-state index contributed by atoms with van der Waals surface area (Å²) in [5.74, 6) is 0.965. The third-order valence-corrected chi connectivity index (χ3v) is 1.88. The first-order valence-corrected chi connectivity index (χ1v) is 3.30. The van der Waals surface area contributed by atoms with Crippen LogP contribution in [0.15, 0.2) is 0 Å². The van der Waals surface area contributed by atoms with Crippen LogP contribution < -0.4 is 34.7 Å². The maximum Gasteiger partial charge on any atom is 1.00 e. The zero-order chi connectivity index (χ0) is 6.57. The first-order chi connectivity index (χ1) is 3.72. The second kappa shape index (κ2) is 7.07. The molecule has 0 aromatic carbocycles. The molecule has 1 nitrogen and oxygen atoms in total. The maximum atomic E-state index is 10.2. The second-order valence-corrected chi connectivity index (χ2v) is 2.53. The van der Waals surface area contributed by atoms with Crippen LogP contribution in [-0.2, 0) is 0 Å². The Kier molecular flexibility index (Phi) is 9.92. The molecule has 0 amide bonds. The molecule has 0 radical (unpaired) electrons. The Hall–Kier alpha value is 0.960. The third kappa shape index (κ3) is 5.41. The topological polar surface area (TPSA) is 23.1 Å². The minimum absolute atomic E-state index is 0. The first-order valence-electron chi connectivity index (χ1n) is 3.30. The predicted molar refractivity (Wildman–Crippen MR) is 33.5 cm³/mol. The molecule has 0 rings (SSSR count). The van der Waals surface area contributed by atoms with E-state index in [2.05, 4.69) is 13.8 Å². The van der Waals surface area contributed by atoms with E-state index in [1.54, 1.807) is 0 Å². The van der Waals surface area contributed by atoms with Gasteiger partial charge in [-0.1, -0.05) is 33.1 Å². The molecule has 0 aromatic rings. The second-order valence-electron chi connectivity index (χ2n) is 2.53. The zero-order valence-electron chi connectivity index (χ0n) is 6.98. The molecule has 0 heterocycles. The van der Waals surface area contributed by atoms with Gasteiger partial charge in [-0.05, 0) is 5.92 Å². The van der Waals surface area contributed by atoms with Gasteiger partial charge in [0.15, 0.2) is 0 Å². The van der Waals surface area contributed by atoms with Crippen LogP contribution in [0.5, 0.6) is 0 Å². The summed E-state index contributed by atoms with van der Waals surface area (Å²) in [5.41, 5.74) is 0. The molecule has 0 spiro atoms. The number of hydrogen-bond acceptors (Lipinski definition) is 1. The van der Waals surface area contributed by atoms with Crippen LogP contribution >= 0.6 is 0 Å². The van der Waals surface area contributed by atoms with Crippen molar-refractivity contribution in [3.8, 4) is 0 Å². The molecule has 0 aliphatic carbocycles. The molecule has 0 bridgehead atoms. The Morgan fingerprint density at radius 3 is 1.78 bits per heavy atom. The summed E-state index contributed by atoms with van der Waals surface area (Å²) in [6, 6.07) is 0. The SMILES string of the molecule is CCC(C)C(C)C[O-].[Na+]. The number of rotatable bonds is 3. The fourth-order valence-electron chi connectivity index (χ4n) is 0.567. The van der Waals surface area contributed by atoms with Gasteiger partial charge in [0.2, 0.25) is 0 Å². The van der Waals surface area contributed by atoms with Crippen molar-refractivity contribution >= 4 is 0 Å². The Labute approximate surface area is 80.1 Å². The van der Waals surface area contributed by atoms with Gasteiger partial charge in [-0.2, -0.15) is 0 Å². The summed E-state index contributed by atoms with van der Waals surface area (Å²) >= 11 is 0. The summed E-state index contributed by atoms with van der Waals surface area (Å²) in [6.07, 6.45) is 1.13. The van der Waals surface area contributed by atoms with Gasteiger partial charge in [0.25, 0.3) is 0 Å². The van der Waals surface area contributed by atoms with Gasteiger partial charge in [0, 0.05) is 0 Å². The minimum atomic E-state index is 0. The van der Waals surface area contributed by atoms with E-state index in [1.165, 1.54) is 0 Å². The van der Waals surface area contributed by atoms with Crippen molar-refractivity contribution in [1.82, 2.24) is 0 Å². The molecule has 2 unspecified atom stereocenters. The van der Waals surface area contributed by atoms with Crippen LogP contribution in [0.2, 0.25) is 0 Å². The molecule has 0 aromatic heterocycles. The molecular formula is C7H15NaO. The van der Waals surface area contributed by atoms with Crippen molar-refractivity contribution in [2.45, 2.75) is 27.2 Å². The van der Waals surface area contributed by atoms with E-state index in [4.69, 9.17) is 0 Å². The van der Waals surface area contributed by atoms with Crippen molar-refractivity contribution < 1.29 is 34.7 Å². The average molecular weight is 138 g/mol.